The molecule has 4 heterocycles. The van der Waals surface area contributed by atoms with Crippen LogP contribution in [0.2, 0.25) is 0 Å². The predicted octanol–water partition coefficient (Wildman–Crippen LogP) is 0.630. The molecule has 5 rings (SSSR count). The summed E-state index contributed by atoms with van der Waals surface area (Å²) in [7, 11) is 1.86. The third-order valence-corrected chi connectivity index (χ3v) is 6.41. The van der Waals surface area contributed by atoms with Gasteiger partial charge in [0.05, 0.1) is 18.6 Å². The minimum Gasteiger partial charge on any atom is -0.488 e. The zero-order valence-corrected chi connectivity index (χ0v) is 21.2. The van der Waals surface area contributed by atoms with Crippen LogP contribution >= 0.6 is 0 Å². The molecule has 1 atom stereocenters. The molecule has 1 saturated heterocycles. The first-order chi connectivity index (χ1) is 18.8. The molecule has 0 spiro atoms. The number of halogens is 2. The Labute approximate surface area is 222 Å². The van der Waals surface area contributed by atoms with Crippen molar-refractivity contribution < 1.29 is 28.1 Å². The number of anilines is 3. The van der Waals surface area contributed by atoms with Gasteiger partial charge in [0.1, 0.15) is 18.5 Å². The van der Waals surface area contributed by atoms with E-state index in [4.69, 9.17) is 20.0 Å². The monoisotopic (exact) mass is 545 g/mol. The molecule has 1 aromatic carbocycles. The summed E-state index contributed by atoms with van der Waals surface area (Å²) in [5, 5.41) is 22.7. The van der Waals surface area contributed by atoms with E-state index in [2.05, 4.69) is 25.0 Å². The predicted molar refractivity (Wildman–Crippen MR) is 138 cm³/mol. The number of aliphatic hydroxyl groups excluding tert-OH is 2. The van der Waals surface area contributed by atoms with Gasteiger partial charge >= 0.3 is 0 Å². The molecule has 3 aromatic heterocycles. The van der Waals surface area contributed by atoms with E-state index in [1.807, 2.05) is 16.8 Å². The lowest BCUT2D eigenvalue weighted by molar-refractivity contribution is 0.0523. The number of piperazine rings is 1. The number of furan rings is 1. The minimum absolute atomic E-state index is 0.149. The Kier molecular flexibility index (Phi) is 7.72. The van der Waals surface area contributed by atoms with E-state index in [0.717, 1.165) is 6.07 Å². The lowest BCUT2D eigenvalue weighted by Crippen LogP contribution is -2.48. The zero-order valence-electron chi connectivity index (χ0n) is 21.2. The van der Waals surface area contributed by atoms with Crippen molar-refractivity contribution in [2.75, 3.05) is 75.1 Å². The number of aromatic nitrogens is 5. The second kappa shape index (κ2) is 11.3. The van der Waals surface area contributed by atoms with Crippen molar-refractivity contribution in [3.63, 3.8) is 0 Å². The summed E-state index contributed by atoms with van der Waals surface area (Å²) >= 11 is 0. The molecular weight excluding hydrogens is 516 g/mol. The van der Waals surface area contributed by atoms with Crippen LogP contribution in [0.1, 0.15) is 0 Å². The number of benzene rings is 1. The topological polar surface area (TPSA) is 155 Å². The summed E-state index contributed by atoms with van der Waals surface area (Å²) in [5.74, 6) is -0.0166. The molecule has 0 saturated carbocycles. The molecule has 1 fully saturated rings. The van der Waals surface area contributed by atoms with Gasteiger partial charge < -0.3 is 34.9 Å². The fourth-order valence-corrected chi connectivity index (χ4v) is 4.19. The fraction of sp³-hybridized carbons (Fsp3) is 0.417. The highest BCUT2D eigenvalue weighted by Crippen LogP contribution is 2.29. The Bertz CT molecular complexity index is 1410. The molecule has 0 aliphatic carbocycles. The van der Waals surface area contributed by atoms with Gasteiger partial charge in [0.15, 0.2) is 17.3 Å². The van der Waals surface area contributed by atoms with Gasteiger partial charge in [-0.2, -0.15) is 19.5 Å². The van der Waals surface area contributed by atoms with Crippen molar-refractivity contribution in [1.82, 2.24) is 29.5 Å². The van der Waals surface area contributed by atoms with E-state index < -0.39 is 24.3 Å². The maximum absolute atomic E-state index is 14.6. The van der Waals surface area contributed by atoms with Crippen molar-refractivity contribution in [2.24, 2.45) is 0 Å². The summed E-state index contributed by atoms with van der Waals surface area (Å²) in [6, 6.07) is 5.54. The standard InChI is InChI=1S/C24H29F2N9O4/c1-32(23-29-22(27)35-24(30-23)28-21(31-35)19-3-2-10-38-19)4-5-33-6-8-34(9-7-33)18-12-20(17(26)11-16(18)25)39-14-15(37)13-36/h2-3,10-12,15,36-37H,4-9,13-14H2,1H3,(H2,27,28,29,30,31)/t15-/m0/s1. The molecule has 0 amide bonds. The fourth-order valence-electron chi connectivity index (χ4n) is 4.19. The van der Waals surface area contributed by atoms with Crippen LogP contribution in [0.4, 0.5) is 26.4 Å². The van der Waals surface area contributed by atoms with E-state index in [1.54, 1.807) is 12.1 Å². The average molecular weight is 546 g/mol. The van der Waals surface area contributed by atoms with Crippen molar-refractivity contribution in [1.29, 1.82) is 0 Å². The van der Waals surface area contributed by atoms with Crippen molar-refractivity contribution in [2.45, 2.75) is 6.10 Å². The Morgan fingerprint density at radius 2 is 1.95 bits per heavy atom. The minimum atomic E-state index is -1.15. The molecule has 1 aliphatic rings. The van der Waals surface area contributed by atoms with Crippen LogP contribution in [-0.4, -0.2) is 105 Å². The van der Waals surface area contributed by atoms with Crippen LogP contribution < -0.4 is 20.3 Å². The Morgan fingerprint density at radius 3 is 2.67 bits per heavy atom. The molecule has 39 heavy (non-hydrogen) atoms. The summed E-state index contributed by atoms with van der Waals surface area (Å²) in [4.78, 5) is 19.1. The number of likely N-dealkylation sites (N-methyl/N-ethyl adjacent to an activating group) is 1. The number of nitrogens with zero attached hydrogens (tertiary/aromatic N) is 8. The van der Waals surface area contributed by atoms with E-state index in [1.165, 1.54) is 16.8 Å². The van der Waals surface area contributed by atoms with Gasteiger partial charge in [-0.3, -0.25) is 4.90 Å². The van der Waals surface area contributed by atoms with Crippen molar-refractivity contribution in [3.05, 3.63) is 42.2 Å². The number of nitrogens with two attached hydrogens (primary N) is 1. The average Bonchev–Trinajstić information content (AvgIpc) is 3.62. The van der Waals surface area contributed by atoms with Gasteiger partial charge in [-0.1, -0.05) is 0 Å². The summed E-state index contributed by atoms with van der Waals surface area (Å²) < 4.78 is 40.6. The van der Waals surface area contributed by atoms with Gasteiger partial charge in [-0.25, -0.2) is 8.78 Å². The Morgan fingerprint density at radius 1 is 1.15 bits per heavy atom. The molecule has 0 radical (unpaired) electrons. The van der Waals surface area contributed by atoms with Crippen LogP contribution in [0.3, 0.4) is 0 Å². The van der Waals surface area contributed by atoms with Crippen LogP contribution in [0.25, 0.3) is 17.4 Å². The number of fused-ring (bicyclic) bond motifs is 1. The molecule has 0 bridgehead atoms. The molecule has 0 unspecified atom stereocenters. The van der Waals surface area contributed by atoms with Crippen LogP contribution in [-0.2, 0) is 0 Å². The maximum Gasteiger partial charge on any atom is 0.259 e. The van der Waals surface area contributed by atoms with Gasteiger partial charge in [-0.05, 0) is 12.1 Å². The highest BCUT2D eigenvalue weighted by molar-refractivity contribution is 5.54. The number of rotatable bonds is 10. The molecule has 208 valence electrons. The molecule has 1 aliphatic heterocycles. The maximum atomic E-state index is 14.6. The number of aliphatic hydroxyl groups is 2. The zero-order chi connectivity index (χ0) is 27.5. The first-order valence-electron chi connectivity index (χ1n) is 12.4. The van der Waals surface area contributed by atoms with Gasteiger partial charge in [0.2, 0.25) is 17.7 Å². The Hall–Kier alpha value is -4.08. The lowest BCUT2D eigenvalue weighted by Gasteiger charge is -2.37. The second-order valence-corrected chi connectivity index (χ2v) is 9.14. The largest absolute Gasteiger partial charge is 0.488 e. The first-order valence-corrected chi connectivity index (χ1v) is 12.4. The Balaban J connectivity index is 1.17. The molecule has 15 heteroatoms. The number of nitrogen functional groups attached to an aromatic ring is 1. The molecule has 13 nitrogen and oxygen atoms in total. The van der Waals surface area contributed by atoms with Crippen molar-refractivity contribution in [3.8, 4) is 17.3 Å². The second-order valence-electron chi connectivity index (χ2n) is 9.14. The normalized spacial score (nSPS) is 15.2. The lowest BCUT2D eigenvalue weighted by atomic mass is 10.2. The molecule has 4 N–H and O–H groups in total. The summed E-state index contributed by atoms with van der Waals surface area (Å²) in [5.41, 5.74) is 6.32. The third kappa shape index (κ3) is 5.84. The quantitative estimate of drug-likeness (QED) is 0.256. The smallest absolute Gasteiger partial charge is 0.259 e. The number of ether oxygens (including phenoxy) is 1. The molecule has 4 aromatic rings. The van der Waals surface area contributed by atoms with E-state index >= 15 is 0 Å². The van der Waals surface area contributed by atoms with Gasteiger partial charge in [0, 0.05) is 58.4 Å². The third-order valence-electron chi connectivity index (χ3n) is 6.41. The van der Waals surface area contributed by atoms with Crippen LogP contribution in [0.5, 0.6) is 5.75 Å². The van der Waals surface area contributed by atoms with E-state index in [-0.39, 0.29) is 24.0 Å². The first kappa shape index (κ1) is 26.5. The van der Waals surface area contributed by atoms with Crippen LogP contribution in [0, 0.1) is 11.6 Å². The summed E-state index contributed by atoms with van der Waals surface area (Å²) in [6.45, 7) is 2.84. The van der Waals surface area contributed by atoms with Gasteiger partial charge in [0.25, 0.3) is 5.78 Å². The van der Waals surface area contributed by atoms with E-state index in [0.29, 0.717) is 62.6 Å². The number of hydrogen-bond acceptors (Lipinski definition) is 12. The van der Waals surface area contributed by atoms with Gasteiger partial charge in [-0.15, -0.1) is 5.10 Å². The highest BCUT2D eigenvalue weighted by atomic mass is 19.1. The van der Waals surface area contributed by atoms with Crippen molar-refractivity contribution >= 4 is 23.4 Å². The summed E-state index contributed by atoms with van der Waals surface area (Å²) in [6.07, 6.45) is 0.378. The van der Waals surface area contributed by atoms with E-state index in [9.17, 15) is 13.9 Å². The van der Waals surface area contributed by atoms with Crippen LogP contribution in [0.15, 0.2) is 34.9 Å². The SMILES string of the molecule is CN(CCN1CCN(c2cc(OC[C@@H](O)CO)c(F)cc2F)CC1)c1nc(N)n2nc(-c3ccco3)nc2n1. The highest BCUT2D eigenvalue weighted by Gasteiger charge is 2.23. The molecular formula is C24H29F2N9O4. The number of hydrogen-bond donors (Lipinski definition) is 3.